The average molecular weight is 280 g/mol. The first-order valence-electron chi connectivity index (χ1n) is 7.23. The van der Waals surface area contributed by atoms with Gasteiger partial charge in [0.05, 0.1) is 12.3 Å². The number of amides is 2. The van der Waals surface area contributed by atoms with Crippen molar-refractivity contribution in [1.82, 2.24) is 10.6 Å². The second-order valence-electron chi connectivity index (χ2n) is 6.21. The van der Waals surface area contributed by atoms with Crippen LogP contribution in [-0.2, 0) is 6.42 Å². The molecule has 0 fully saturated rings. The van der Waals surface area contributed by atoms with Crippen LogP contribution >= 0.6 is 0 Å². The molecule has 0 aromatic carbocycles. The van der Waals surface area contributed by atoms with Gasteiger partial charge in [-0.2, -0.15) is 0 Å². The molecule has 1 heterocycles. The second kappa shape index (κ2) is 6.31. The molecular formula is C15H24N2O3. The van der Waals surface area contributed by atoms with Crippen molar-refractivity contribution < 1.29 is 14.3 Å². The molecule has 2 amide bonds. The molecule has 1 aliphatic carbocycles. The number of carbonyl (C=O) groups is 1. The summed E-state index contributed by atoms with van der Waals surface area (Å²) in [6.07, 6.45) is 5.28. The van der Waals surface area contributed by atoms with Gasteiger partial charge in [-0.3, -0.25) is 0 Å². The minimum absolute atomic E-state index is 0.0402. The average Bonchev–Trinajstić information content (AvgIpc) is 2.86. The normalized spacial score (nSPS) is 18.4. The van der Waals surface area contributed by atoms with Crippen molar-refractivity contribution in [2.45, 2.75) is 45.6 Å². The molecule has 3 N–H and O–H groups in total. The molecule has 5 heteroatoms. The molecule has 1 aromatic rings. The van der Waals surface area contributed by atoms with E-state index in [9.17, 15) is 4.79 Å². The van der Waals surface area contributed by atoms with E-state index in [-0.39, 0.29) is 24.1 Å². The van der Waals surface area contributed by atoms with E-state index in [1.807, 2.05) is 19.9 Å². The molecule has 5 nitrogen and oxygen atoms in total. The fraction of sp³-hybridized carbons (Fsp3) is 0.667. The topological polar surface area (TPSA) is 74.5 Å². The third kappa shape index (κ3) is 3.76. The van der Waals surface area contributed by atoms with Gasteiger partial charge in [0.15, 0.2) is 0 Å². The molecule has 1 unspecified atom stereocenters. The van der Waals surface area contributed by atoms with E-state index in [1.165, 1.54) is 0 Å². The molecule has 0 bridgehead atoms. The van der Waals surface area contributed by atoms with Crippen molar-refractivity contribution in [2.24, 2.45) is 5.41 Å². The molecule has 1 atom stereocenters. The molecule has 0 saturated heterocycles. The van der Waals surface area contributed by atoms with Crippen LogP contribution in [0.5, 0.6) is 0 Å². The SMILES string of the molecule is CC(C)(CCO)CNC(=O)NC1CCCc2occc21. The Morgan fingerprint density at radius 2 is 2.35 bits per heavy atom. The Balaban J connectivity index is 1.84. The minimum Gasteiger partial charge on any atom is -0.469 e. The van der Waals surface area contributed by atoms with Gasteiger partial charge in [-0.05, 0) is 30.7 Å². The zero-order chi connectivity index (χ0) is 14.6. The molecule has 112 valence electrons. The summed E-state index contributed by atoms with van der Waals surface area (Å²) < 4.78 is 5.41. The Kier molecular flexibility index (Phi) is 4.70. The van der Waals surface area contributed by atoms with E-state index >= 15 is 0 Å². The number of aliphatic hydroxyl groups is 1. The fourth-order valence-corrected chi connectivity index (χ4v) is 2.56. The van der Waals surface area contributed by atoms with Crippen LogP contribution in [-0.4, -0.2) is 24.3 Å². The van der Waals surface area contributed by atoms with Crippen molar-refractivity contribution in [3.63, 3.8) is 0 Å². The number of furan rings is 1. The lowest BCUT2D eigenvalue weighted by Crippen LogP contribution is -2.43. The molecule has 0 spiro atoms. The summed E-state index contributed by atoms with van der Waals surface area (Å²) in [6.45, 7) is 4.73. The second-order valence-corrected chi connectivity index (χ2v) is 6.21. The number of fused-ring (bicyclic) bond motifs is 1. The van der Waals surface area contributed by atoms with E-state index in [0.29, 0.717) is 13.0 Å². The number of rotatable bonds is 5. The van der Waals surface area contributed by atoms with Gasteiger partial charge in [-0.25, -0.2) is 4.79 Å². The molecule has 0 saturated carbocycles. The monoisotopic (exact) mass is 280 g/mol. The zero-order valence-corrected chi connectivity index (χ0v) is 12.2. The van der Waals surface area contributed by atoms with Crippen LogP contribution in [0.25, 0.3) is 0 Å². The largest absolute Gasteiger partial charge is 0.469 e. The van der Waals surface area contributed by atoms with Crippen molar-refractivity contribution in [3.05, 3.63) is 23.7 Å². The van der Waals surface area contributed by atoms with Crippen LogP contribution in [0.3, 0.4) is 0 Å². The zero-order valence-electron chi connectivity index (χ0n) is 12.2. The van der Waals surface area contributed by atoms with Crippen molar-refractivity contribution in [2.75, 3.05) is 13.2 Å². The van der Waals surface area contributed by atoms with E-state index < -0.39 is 0 Å². The van der Waals surface area contributed by atoms with Crippen LogP contribution in [0.1, 0.15) is 50.5 Å². The number of hydrogen-bond acceptors (Lipinski definition) is 3. The summed E-state index contributed by atoms with van der Waals surface area (Å²) in [5.41, 5.74) is 1.00. The number of aryl methyl sites for hydroxylation is 1. The van der Waals surface area contributed by atoms with E-state index in [2.05, 4.69) is 10.6 Å². The van der Waals surface area contributed by atoms with Gasteiger partial charge in [-0.1, -0.05) is 13.8 Å². The van der Waals surface area contributed by atoms with Gasteiger partial charge in [0, 0.05) is 25.1 Å². The van der Waals surface area contributed by atoms with E-state index in [4.69, 9.17) is 9.52 Å². The fourth-order valence-electron chi connectivity index (χ4n) is 2.56. The Morgan fingerprint density at radius 1 is 1.55 bits per heavy atom. The highest BCUT2D eigenvalue weighted by Crippen LogP contribution is 2.30. The lowest BCUT2D eigenvalue weighted by atomic mass is 9.90. The van der Waals surface area contributed by atoms with Crippen LogP contribution in [0.2, 0.25) is 0 Å². The Hall–Kier alpha value is -1.49. The summed E-state index contributed by atoms with van der Waals surface area (Å²) in [5.74, 6) is 0.988. The Bertz CT molecular complexity index is 454. The van der Waals surface area contributed by atoms with Gasteiger partial charge >= 0.3 is 6.03 Å². The quantitative estimate of drug-likeness (QED) is 0.775. The maximum Gasteiger partial charge on any atom is 0.315 e. The van der Waals surface area contributed by atoms with Crippen LogP contribution in [0, 0.1) is 5.41 Å². The van der Waals surface area contributed by atoms with Crippen LogP contribution in [0.4, 0.5) is 4.79 Å². The highest BCUT2D eigenvalue weighted by Gasteiger charge is 2.25. The highest BCUT2D eigenvalue weighted by atomic mass is 16.3. The first kappa shape index (κ1) is 14.9. The van der Waals surface area contributed by atoms with Gasteiger partial charge < -0.3 is 20.2 Å². The Morgan fingerprint density at radius 3 is 3.10 bits per heavy atom. The first-order valence-corrected chi connectivity index (χ1v) is 7.23. The molecular weight excluding hydrogens is 256 g/mol. The Labute approximate surface area is 119 Å². The van der Waals surface area contributed by atoms with E-state index in [1.54, 1.807) is 6.26 Å². The molecule has 20 heavy (non-hydrogen) atoms. The minimum atomic E-state index is -0.157. The van der Waals surface area contributed by atoms with Crippen molar-refractivity contribution in [3.8, 4) is 0 Å². The molecule has 0 radical (unpaired) electrons. The number of nitrogens with one attached hydrogen (secondary N) is 2. The van der Waals surface area contributed by atoms with Crippen molar-refractivity contribution in [1.29, 1.82) is 0 Å². The third-order valence-corrected chi connectivity index (χ3v) is 3.87. The summed E-state index contributed by atoms with van der Waals surface area (Å²) in [7, 11) is 0. The van der Waals surface area contributed by atoms with Crippen LogP contribution in [0.15, 0.2) is 16.7 Å². The lowest BCUT2D eigenvalue weighted by molar-refractivity contribution is 0.199. The van der Waals surface area contributed by atoms with E-state index in [0.717, 1.165) is 30.6 Å². The number of urea groups is 1. The molecule has 1 aromatic heterocycles. The molecule has 2 rings (SSSR count). The number of carbonyl (C=O) groups excluding carboxylic acids is 1. The van der Waals surface area contributed by atoms with Crippen molar-refractivity contribution >= 4 is 6.03 Å². The standard InChI is InChI=1S/C15H24N2O3/c1-15(2,7-8-18)10-16-14(19)17-12-4-3-5-13-11(12)6-9-20-13/h6,9,12,18H,3-5,7-8,10H2,1-2H3,(H2,16,17,19). The maximum atomic E-state index is 12.0. The van der Waals surface area contributed by atoms with Crippen LogP contribution < -0.4 is 10.6 Å². The predicted molar refractivity (Wildman–Crippen MR) is 76.4 cm³/mol. The summed E-state index contributed by atoms with van der Waals surface area (Å²) >= 11 is 0. The molecule has 1 aliphatic rings. The van der Waals surface area contributed by atoms with Gasteiger partial charge in [0.25, 0.3) is 0 Å². The smallest absolute Gasteiger partial charge is 0.315 e. The van der Waals surface area contributed by atoms with Gasteiger partial charge in [0.2, 0.25) is 0 Å². The van der Waals surface area contributed by atoms with Gasteiger partial charge in [0.1, 0.15) is 5.76 Å². The summed E-state index contributed by atoms with van der Waals surface area (Å²) in [6, 6.07) is 1.82. The predicted octanol–water partition coefficient (Wildman–Crippen LogP) is 2.36. The third-order valence-electron chi connectivity index (χ3n) is 3.87. The molecule has 0 aliphatic heterocycles. The lowest BCUT2D eigenvalue weighted by Gasteiger charge is -2.26. The summed E-state index contributed by atoms with van der Waals surface area (Å²) in [5, 5.41) is 14.9. The first-order chi connectivity index (χ1) is 9.52. The maximum absolute atomic E-state index is 12.0. The highest BCUT2D eigenvalue weighted by molar-refractivity contribution is 5.74. The number of hydrogen-bond donors (Lipinski definition) is 3. The number of aliphatic hydroxyl groups excluding tert-OH is 1. The summed E-state index contributed by atoms with van der Waals surface area (Å²) in [4.78, 5) is 12.0. The van der Waals surface area contributed by atoms with Gasteiger partial charge in [-0.15, -0.1) is 0 Å².